The zero-order chi connectivity index (χ0) is 18.1. The molecule has 0 spiro atoms. The van der Waals surface area contributed by atoms with Crippen LogP contribution in [0, 0.1) is 11.3 Å². The van der Waals surface area contributed by atoms with Crippen LogP contribution in [0.15, 0.2) is 58.3 Å². The van der Waals surface area contributed by atoms with Gasteiger partial charge in [0.15, 0.2) is 0 Å². The molecule has 0 unspecified atom stereocenters. The summed E-state index contributed by atoms with van der Waals surface area (Å²) in [7, 11) is -1.83. The molecule has 5 nitrogen and oxygen atoms in total. The number of nitrogens with zero attached hydrogens (tertiary/aromatic N) is 1. The number of nitriles is 1. The van der Waals surface area contributed by atoms with Crippen molar-refractivity contribution >= 4 is 9.84 Å². The fraction of sp³-hybridized carbons (Fsp3) is 0.316. The number of hydrogen-bond acceptors (Lipinski definition) is 5. The quantitative estimate of drug-likeness (QED) is 0.697. The molecular weight excluding hydrogens is 336 g/mol. The number of unbranched alkanes of at least 4 members (excludes halogenated alkanes) is 2. The Morgan fingerprint density at radius 2 is 1.84 bits per heavy atom. The molecule has 0 aliphatic carbocycles. The van der Waals surface area contributed by atoms with Gasteiger partial charge in [0.1, 0.15) is 10.6 Å². The Bertz CT molecular complexity index is 827. The number of ether oxygens (including phenoxy) is 1. The molecule has 0 aromatic heterocycles. The third-order valence-electron chi connectivity index (χ3n) is 3.74. The Morgan fingerprint density at radius 3 is 2.52 bits per heavy atom. The van der Waals surface area contributed by atoms with Crippen molar-refractivity contribution in [2.45, 2.75) is 29.1 Å². The van der Waals surface area contributed by atoms with E-state index in [1.165, 1.54) is 18.2 Å². The third kappa shape index (κ3) is 5.05. The van der Waals surface area contributed by atoms with Crippen molar-refractivity contribution in [2.75, 3.05) is 20.2 Å². The summed E-state index contributed by atoms with van der Waals surface area (Å²) < 4.78 is 31.5. The van der Waals surface area contributed by atoms with Crippen molar-refractivity contribution < 1.29 is 13.2 Å². The van der Waals surface area contributed by atoms with Crippen LogP contribution >= 0.6 is 0 Å². The molecule has 0 aliphatic heterocycles. The molecule has 132 valence electrons. The Morgan fingerprint density at radius 1 is 1.08 bits per heavy atom. The molecule has 0 radical (unpaired) electrons. The summed E-state index contributed by atoms with van der Waals surface area (Å²) in [5.74, 6) is 0.288. The smallest absolute Gasteiger partial charge is 0.210 e. The van der Waals surface area contributed by atoms with Gasteiger partial charge in [-0.15, -0.1) is 0 Å². The van der Waals surface area contributed by atoms with Gasteiger partial charge in [-0.25, -0.2) is 8.42 Å². The van der Waals surface area contributed by atoms with Crippen LogP contribution in [0.4, 0.5) is 0 Å². The van der Waals surface area contributed by atoms with E-state index in [0.29, 0.717) is 6.61 Å². The monoisotopic (exact) mass is 358 g/mol. The average Bonchev–Trinajstić information content (AvgIpc) is 2.65. The number of rotatable bonds is 9. The highest BCUT2D eigenvalue weighted by Gasteiger charge is 2.22. The molecule has 0 bridgehead atoms. The fourth-order valence-electron chi connectivity index (χ4n) is 2.40. The SMILES string of the molecule is CNCCCCCOc1ccc(C#N)cc1S(=O)(=O)c1ccccc1. The first-order valence-electron chi connectivity index (χ1n) is 8.21. The van der Waals surface area contributed by atoms with E-state index < -0.39 is 9.84 Å². The molecule has 2 rings (SSSR count). The van der Waals surface area contributed by atoms with E-state index in [-0.39, 0.29) is 21.1 Å². The molecule has 6 heteroatoms. The molecule has 25 heavy (non-hydrogen) atoms. The van der Waals surface area contributed by atoms with E-state index in [1.54, 1.807) is 30.3 Å². The highest BCUT2D eigenvalue weighted by atomic mass is 32.2. The second kappa shape index (κ2) is 9.21. The van der Waals surface area contributed by atoms with Crippen LogP contribution in [0.25, 0.3) is 0 Å². The lowest BCUT2D eigenvalue weighted by Gasteiger charge is -2.12. The number of benzene rings is 2. The van der Waals surface area contributed by atoms with Crippen LogP contribution in [-0.4, -0.2) is 28.6 Å². The van der Waals surface area contributed by atoms with Gasteiger partial charge in [-0.05, 0) is 63.2 Å². The van der Waals surface area contributed by atoms with Crippen LogP contribution in [0.5, 0.6) is 5.75 Å². The van der Waals surface area contributed by atoms with E-state index >= 15 is 0 Å². The summed E-state index contributed by atoms with van der Waals surface area (Å²) in [5, 5.41) is 12.2. The van der Waals surface area contributed by atoms with E-state index in [4.69, 9.17) is 10.00 Å². The first kappa shape index (κ1) is 19.0. The Labute approximate surface area is 149 Å². The molecular formula is C19H22N2O3S. The van der Waals surface area contributed by atoms with E-state index in [1.807, 2.05) is 13.1 Å². The number of hydrogen-bond donors (Lipinski definition) is 1. The van der Waals surface area contributed by atoms with Crippen molar-refractivity contribution in [3.05, 3.63) is 54.1 Å². The summed E-state index contributed by atoms with van der Waals surface area (Å²) >= 11 is 0. The molecule has 0 aliphatic rings. The molecule has 0 heterocycles. The van der Waals surface area contributed by atoms with Crippen LogP contribution in [0.1, 0.15) is 24.8 Å². The van der Waals surface area contributed by atoms with E-state index in [9.17, 15) is 8.42 Å². The van der Waals surface area contributed by atoms with Gasteiger partial charge in [-0.1, -0.05) is 18.2 Å². The highest BCUT2D eigenvalue weighted by Crippen LogP contribution is 2.30. The van der Waals surface area contributed by atoms with E-state index in [2.05, 4.69) is 5.32 Å². The normalized spacial score (nSPS) is 11.0. The predicted octanol–water partition coefficient (Wildman–Crippen LogP) is 3.16. The van der Waals surface area contributed by atoms with Crippen molar-refractivity contribution in [3.63, 3.8) is 0 Å². The van der Waals surface area contributed by atoms with Gasteiger partial charge >= 0.3 is 0 Å². The molecule has 0 saturated carbocycles. The minimum atomic E-state index is -3.74. The van der Waals surface area contributed by atoms with Gasteiger partial charge in [0, 0.05) is 0 Å². The lowest BCUT2D eigenvalue weighted by molar-refractivity contribution is 0.297. The molecule has 0 amide bonds. The lowest BCUT2D eigenvalue weighted by atomic mass is 10.2. The third-order valence-corrected chi connectivity index (χ3v) is 5.54. The lowest BCUT2D eigenvalue weighted by Crippen LogP contribution is -2.09. The second-order valence-electron chi connectivity index (χ2n) is 5.60. The number of nitrogens with one attached hydrogen (secondary N) is 1. The van der Waals surface area contributed by atoms with Crippen LogP contribution in [0.2, 0.25) is 0 Å². The van der Waals surface area contributed by atoms with Crippen LogP contribution in [0.3, 0.4) is 0 Å². The van der Waals surface area contributed by atoms with Gasteiger partial charge in [0.2, 0.25) is 9.84 Å². The summed E-state index contributed by atoms with van der Waals surface area (Å²) in [6, 6.07) is 14.7. The first-order valence-corrected chi connectivity index (χ1v) is 9.69. The predicted molar refractivity (Wildman–Crippen MR) is 96.3 cm³/mol. The summed E-state index contributed by atoms with van der Waals surface area (Å²) in [4.78, 5) is 0.219. The van der Waals surface area contributed by atoms with Crippen molar-refractivity contribution in [1.29, 1.82) is 5.26 Å². The zero-order valence-electron chi connectivity index (χ0n) is 14.2. The Kier molecular flexibility index (Phi) is 6.99. The average molecular weight is 358 g/mol. The molecule has 2 aromatic rings. The van der Waals surface area contributed by atoms with Crippen molar-refractivity contribution in [3.8, 4) is 11.8 Å². The topological polar surface area (TPSA) is 79.2 Å². The molecule has 2 aromatic carbocycles. The first-order chi connectivity index (χ1) is 12.1. The maximum atomic E-state index is 12.9. The van der Waals surface area contributed by atoms with Crippen molar-refractivity contribution in [2.24, 2.45) is 0 Å². The fourth-order valence-corrected chi connectivity index (χ4v) is 3.84. The zero-order valence-corrected chi connectivity index (χ0v) is 15.1. The molecule has 1 N–H and O–H groups in total. The summed E-state index contributed by atoms with van der Waals surface area (Å²) in [5.41, 5.74) is 0.288. The molecule has 0 saturated heterocycles. The van der Waals surface area contributed by atoms with E-state index in [0.717, 1.165) is 25.8 Å². The standard InChI is InChI=1S/C19H22N2O3S/c1-21-12-6-3-7-13-24-18-11-10-16(15-20)14-19(18)25(22,23)17-8-4-2-5-9-17/h2,4-5,8-11,14,21H,3,6-7,12-13H2,1H3. The maximum Gasteiger partial charge on any atom is 0.210 e. The van der Waals surface area contributed by atoms with Crippen molar-refractivity contribution in [1.82, 2.24) is 5.32 Å². The largest absolute Gasteiger partial charge is 0.492 e. The molecule has 0 atom stereocenters. The minimum Gasteiger partial charge on any atom is -0.492 e. The Hall–Kier alpha value is -2.36. The van der Waals surface area contributed by atoms with Gasteiger partial charge < -0.3 is 10.1 Å². The van der Waals surface area contributed by atoms with Crippen LogP contribution in [-0.2, 0) is 9.84 Å². The highest BCUT2D eigenvalue weighted by molar-refractivity contribution is 7.91. The Balaban J connectivity index is 2.22. The van der Waals surface area contributed by atoms with Gasteiger partial charge in [-0.2, -0.15) is 5.26 Å². The van der Waals surface area contributed by atoms with Gasteiger partial charge in [0.05, 0.1) is 23.1 Å². The van der Waals surface area contributed by atoms with Crippen LogP contribution < -0.4 is 10.1 Å². The van der Waals surface area contributed by atoms with Gasteiger partial charge in [0.25, 0.3) is 0 Å². The molecule has 0 fully saturated rings. The maximum absolute atomic E-state index is 12.9. The summed E-state index contributed by atoms with van der Waals surface area (Å²) in [6.45, 7) is 1.39. The minimum absolute atomic E-state index is 0.0352. The van der Waals surface area contributed by atoms with Gasteiger partial charge in [-0.3, -0.25) is 0 Å². The summed E-state index contributed by atoms with van der Waals surface area (Å²) in [6.07, 6.45) is 2.88. The second-order valence-corrected chi connectivity index (χ2v) is 7.52. The number of sulfone groups is 1.